The summed E-state index contributed by atoms with van der Waals surface area (Å²) >= 11 is 0. The van der Waals surface area contributed by atoms with Crippen LogP contribution in [0.2, 0.25) is 0 Å². The van der Waals surface area contributed by atoms with Crippen LogP contribution in [0.3, 0.4) is 0 Å². The summed E-state index contributed by atoms with van der Waals surface area (Å²) in [5.41, 5.74) is 1.38. The molecule has 3 rings (SSSR count). The number of rotatable bonds is 6. The Kier molecular flexibility index (Phi) is 7.28. The van der Waals surface area contributed by atoms with E-state index in [0.717, 1.165) is 29.8 Å². The number of amides is 2. The third-order valence-electron chi connectivity index (χ3n) is 4.92. The highest BCUT2D eigenvalue weighted by Crippen LogP contribution is 2.25. The molecule has 1 N–H and O–H groups in total. The molecule has 1 saturated heterocycles. The number of benzene rings is 2. The first-order chi connectivity index (χ1) is 15.4. The van der Waals surface area contributed by atoms with E-state index in [1.165, 1.54) is 11.2 Å². The summed E-state index contributed by atoms with van der Waals surface area (Å²) in [6.07, 6.45) is -4.73. The molecule has 0 saturated carbocycles. The predicted molar refractivity (Wildman–Crippen MR) is 113 cm³/mol. The molecule has 1 fully saturated rings. The molecule has 0 aliphatic carbocycles. The van der Waals surface area contributed by atoms with Gasteiger partial charge < -0.3 is 15.0 Å². The number of anilines is 1. The van der Waals surface area contributed by atoms with E-state index in [1.807, 2.05) is 0 Å². The summed E-state index contributed by atoms with van der Waals surface area (Å²) in [5.74, 6) is -0.868. The number of hydrogen-bond donors (Lipinski definition) is 1. The Morgan fingerprint density at radius 2 is 1.55 bits per heavy atom. The molecular formula is C21H22F3N3O5S. The first-order valence-electron chi connectivity index (χ1n) is 9.94. The van der Waals surface area contributed by atoms with Crippen LogP contribution in [0.5, 0.6) is 5.75 Å². The fourth-order valence-corrected chi connectivity index (χ4v) is 4.76. The number of nitrogens with zero attached hydrogens (tertiary/aromatic N) is 2. The second-order valence-electron chi connectivity index (χ2n) is 7.36. The highest BCUT2D eigenvalue weighted by molar-refractivity contribution is 7.89. The van der Waals surface area contributed by atoms with Gasteiger partial charge in [-0.2, -0.15) is 4.31 Å². The fourth-order valence-electron chi connectivity index (χ4n) is 3.34. The molecule has 8 nitrogen and oxygen atoms in total. The molecule has 0 atom stereocenters. The molecule has 2 aromatic rings. The van der Waals surface area contributed by atoms with Crippen molar-refractivity contribution < 1.29 is 35.9 Å². The zero-order valence-corrected chi connectivity index (χ0v) is 18.4. The second kappa shape index (κ2) is 9.79. The predicted octanol–water partition coefficient (Wildman–Crippen LogP) is 2.62. The van der Waals surface area contributed by atoms with Crippen molar-refractivity contribution in [2.45, 2.75) is 24.6 Å². The lowest BCUT2D eigenvalue weighted by molar-refractivity contribution is -0.274. The number of carbonyl (C=O) groups excluding carboxylic acids is 2. The van der Waals surface area contributed by atoms with E-state index < -0.39 is 22.1 Å². The van der Waals surface area contributed by atoms with Crippen molar-refractivity contribution in [2.75, 3.05) is 31.5 Å². The Morgan fingerprint density at radius 1 is 0.970 bits per heavy atom. The molecule has 2 amide bonds. The number of ether oxygens (including phenoxy) is 1. The van der Waals surface area contributed by atoms with Gasteiger partial charge in [0.1, 0.15) is 5.75 Å². The highest BCUT2D eigenvalue weighted by Gasteiger charge is 2.32. The Labute approximate surface area is 189 Å². The van der Waals surface area contributed by atoms with Crippen molar-refractivity contribution in [1.29, 1.82) is 0 Å². The molecule has 0 spiro atoms. The van der Waals surface area contributed by atoms with Crippen LogP contribution < -0.4 is 10.1 Å². The van der Waals surface area contributed by atoms with Crippen LogP contribution in [-0.4, -0.2) is 62.0 Å². The topological polar surface area (TPSA) is 96.0 Å². The average Bonchev–Trinajstić information content (AvgIpc) is 2.74. The van der Waals surface area contributed by atoms with Crippen molar-refractivity contribution in [3.05, 3.63) is 54.1 Å². The van der Waals surface area contributed by atoms with Crippen molar-refractivity contribution in [3.63, 3.8) is 0 Å². The van der Waals surface area contributed by atoms with E-state index in [-0.39, 0.29) is 49.3 Å². The highest BCUT2D eigenvalue weighted by atomic mass is 32.2. The zero-order valence-electron chi connectivity index (χ0n) is 17.6. The normalized spacial score (nSPS) is 15.2. The molecule has 1 heterocycles. The lowest BCUT2D eigenvalue weighted by Gasteiger charge is -2.34. The van der Waals surface area contributed by atoms with Gasteiger partial charge in [-0.15, -0.1) is 13.2 Å². The molecule has 0 radical (unpaired) electrons. The number of alkyl halides is 3. The molecule has 12 heteroatoms. The number of sulfonamides is 1. The van der Waals surface area contributed by atoms with Gasteiger partial charge in [0.25, 0.3) is 0 Å². The van der Waals surface area contributed by atoms with Crippen LogP contribution in [0.25, 0.3) is 0 Å². The van der Waals surface area contributed by atoms with E-state index in [2.05, 4.69) is 10.1 Å². The van der Waals surface area contributed by atoms with Gasteiger partial charge in [0.2, 0.25) is 21.8 Å². The molecule has 1 aliphatic heterocycles. The third-order valence-corrected chi connectivity index (χ3v) is 6.83. The minimum absolute atomic E-state index is 0.0658. The molecule has 0 aromatic heterocycles. The van der Waals surface area contributed by atoms with E-state index >= 15 is 0 Å². The van der Waals surface area contributed by atoms with Gasteiger partial charge in [-0.3, -0.25) is 9.59 Å². The van der Waals surface area contributed by atoms with Gasteiger partial charge in [0.15, 0.2) is 0 Å². The SMILES string of the molecule is CC(=O)Nc1ccc(CC(=O)N2CCN(S(=O)(=O)c3ccc(OC(F)(F)F)cc3)CC2)cc1. The molecule has 0 bridgehead atoms. The fraction of sp³-hybridized carbons (Fsp3) is 0.333. The summed E-state index contributed by atoms with van der Waals surface area (Å²) in [6.45, 7) is 1.91. The van der Waals surface area contributed by atoms with Gasteiger partial charge in [0, 0.05) is 38.8 Å². The molecular weight excluding hydrogens is 463 g/mol. The van der Waals surface area contributed by atoms with Crippen LogP contribution in [0.1, 0.15) is 12.5 Å². The Morgan fingerprint density at radius 3 is 2.06 bits per heavy atom. The molecule has 0 unspecified atom stereocenters. The Hall–Kier alpha value is -3.12. The number of piperazine rings is 1. The maximum absolute atomic E-state index is 12.8. The van der Waals surface area contributed by atoms with Crippen molar-refractivity contribution in [3.8, 4) is 5.75 Å². The Balaban J connectivity index is 1.56. The van der Waals surface area contributed by atoms with Gasteiger partial charge in [0.05, 0.1) is 11.3 Å². The monoisotopic (exact) mass is 485 g/mol. The van der Waals surface area contributed by atoms with Crippen LogP contribution in [0.15, 0.2) is 53.4 Å². The number of carbonyl (C=O) groups is 2. The average molecular weight is 485 g/mol. The summed E-state index contributed by atoms with van der Waals surface area (Å²) in [6, 6.07) is 10.8. The zero-order chi connectivity index (χ0) is 24.2. The largest absolute Gasteiger partial charge is 0.573 e. The van der Waals surface area contributed by atoms with Crippen molar-refractivity contribution in [1.82, 2.24) is 9.21 Å². The number of hydrogen-bond acceptors (Lipinski definition) is 5. The minimum Gasteiger partial charge on any atom is -0.406 e. The molecule has 178 valence electrons. The third kappa shape index (κ3) is 6.68. The first-order valence-corrected chi connectivity index (χ1v) is 11.4. The van der Waals surface area contributed by atoms with E-state index in [1.54, 1.807) is 29.2 Å². The Bertz CT molecular complexity index is 1100. The molecule has 2 aromatic carbocycles. The van der Waals surface area contributed by atoms with E-state index in [4.69, 9.17) is 0 Å². The summed E-state index contributed by atoms with van der Waals surface area (Å²) in [7, 11) is -3.92. The number of nitrogens with one attached hydrogen (secondary N) is 1. The maximum atomic E-state index is 12.8. The van der Waals surface area contributed by atoms with Crippen molar-refractivity contribution in [2.24, 2.45) is 0 Å². The minimum atomic E-state index is -4.86. The van der Waals surface area contributed by atoms with Crippen LogP contribution >= 0.6 is 0 Å². The first kappa shape index (κ1) is 24.5. The lowest BCUT2D eigenvalue weighted by Crippen LogP contribution is -2.50. The summed E-state index contributed by atoms with van der Waals surface area (Å²) in [5, 5.41) is 2.64. The number of halogens is 3. The van der Waals surface area contributed by atoms with Crippen LogP contribution in [-0.2, 0) is 26.0 Å². The van der Waals surface area contributed by atoms with E-state index in [9.17, 15) is 31.2 Å². The van der Waals surface area contributed by atoms with Gasteiger partial charge in [-0.05, 0) is 42.0 Å². The standard InChI is InChI=1S/C21H22F3N3O5S/c1-15(28)25-17-4-2-16(3-5-17)14-20(29)26-10-12-27(13-11-26)33(30,31)19-8-6-18(7-9-19)32-21(22,23)24/h2-9H,10-14H2,1H3,(H,25,28). The van der Waals surface area contributed by atoms with Crippen LogP contribution in [0, 0.1) is 0 Å². The lowest BCUT2D eigenvalue weighted by atomic mass is 10.1. The second-order valence-corrected chi connectivity index (χ2v) is 9.30. The smallest absolute Gasteiger partial charge is 0.406 e. The molecule has 1 aliphatic rings. The van der Waals surface area contributed by atoms with Crippen molar-refractivity contribution >= 4 is 27.5 Å². The van der Waals surface area contributed by atoms with E-state index in [0.29, 0.717) is 5.69 Å². The molecule has 33 heavy (non-hydrogen) atoms. The van der Waals surface area contributed by atoms with Gasteiger partial charge in [-0.25, -0.2) is 8.42 Å². The summed E-state index contributed by atoms with van der Waals surface area (Å²) < 4.78 is 67.3. The van der Waals surface area contributed by atoms with Crippen LogP contribution in [0.4, 0.5) is 18.9 Å². The van der Waals surface area contributed by atoms with Gasteiger partial charge >= 0.3 is 6.36 Å². The van der Waals surface area contributed by atoms with Gasteiger partial charge in [-0.1, -0.05) is 12.1 Å². The maximum Gasteiger partial charge on any atom is 0.573 e. The quantitative estimate of drug-likeness (QED) is 0.679. The summed E-state index contributed by atoms with van der Waals surface area (Å²) in [4.78, 5) is 25.1.